The molecule has 0 N–H and O–H groups in total. The van der Waals surface area contributed by atoms with Crippen molar-refractivity contribution in [2.24, 2.45) is 12.0 Å². The Balaban J connectivity index is 1.70. The smallest absolute Gasteiger partial charge is 0.183 e. The van der Waals surface area contributed by atoms with Crippen molar-refractivity contribution in [3.8, 4) is 0 Å². The number of hydrogen-bond acceptors (Lipinski definition) is 5. The maximum absolute atomic E-state index is 5.15. The van der Waals surface area contributed by atoms with Crippen molar-refractivity contribution in [1.29, 1.82) is 0 Å². The molecule has 3 aromatic carbocycles. The highest BCUT2D eigenvalue weighted by Gasteiger charge is 2.17. The topological polar surface area (TPSA) is 46.3 Å². The highest BCUT2D eigenvalue weighted by molar-refractivity contribution is 7.98. The largest absolute Gasteiger partial charge is 0.334 e. The highest BCUT2D eigenvalue weighted by Crippen LogP contribution is 2.34. The first-order valence-corrected chi connectivity index (χ1v) is 13.2. The lowest BCUT2D eigenvalue weighted by molar-refractivity contribution is 0.946. The van der Waals surface area contributed by atoms with Gasteiger partial charge in [0.1, 0.15) is 11.3 Å². The summed E-state index contributed by atoms with van der Waals surface area (Å²) in [5.74, 6) is 1.44. The molecule has 6 heteroatoms. The molecule has 0 spiro atoms. The molecule has 0 bridgehead atoms. The first kappa shape index (κ1) is 23.8. The van der Waals surface area contributed by atoms with E-state index in [0.29, 0.717) is 5.82 Å². The van der Waals surface area contributed by atoms with Gasteiger partial charge in [-0.15, -0.1) is 11.8 Å². The van der Waals surface area contributed by atoms with Crippen LogP contribution in [0.1, 0.15) is 23.6 Å². The molecule has 0 radical (unpaired) electrons. The molecule has 0 fully saturated rings. The number of fused-ring (bicyclic) bond motifs is 1. The molecule has 0 aliphatic rings. The van der Waals surface area contributed by atoms with Gasteiger partial charge in [0.25, 0.3) is 0 Å². The summed E-state index contributed by atoms with van der Waals surface area (Å²) in [6.45, 7) is 2.19. The fourth-order valence-electron chi connectivity index (χ4n) is 4.36. The summed E-state index contributed by atoms with van der Waals surface area (Å²) >= 11 is 1.76. The van der Waals surface area contributed by atoms with Gasteiger partial charge in [0.15, 0.2) is 5.82 Å². The summed E-state index contributed by atoms with van der Waals surface area (Å²) < 4.78 is 2.02. The lowest BCUT2D eigenvalue weighted by atomic mass is 10.0. The van der Waals surface area contributed by atoms with Crippen LogP contribution in [0, 0.1) is 0 Å². The van der Waals surface area contributed by atoms with Crippen LogP contribution in [0.2, 0.25) is 0 Å². The number of aromatic nitrogens is 3. The van der Waals surface area contributed by atoms with Gasteiger partial charge in [-0.05, 0) is 36.4 Å². The third kappa shape index (κ3) is 4.64. The summed E-state index contributed by atoms with van der Waals surface area (Å²) in [5, 5.41) is 0. The van der Waals surface area contributed by atoms with Gasteiger partial charge in [0, 0.05) is 41.9 Å². The van der Waals surface area contributed by atoms with Gasteiger partial charge in [0.05, 0.1) is 17.6 Å². The van der Waals surface area contributed by atoms with Crippen LogP contribution in [0.25, 0.3) is 11.0 Å². The van der Waals surface area contributed by atoms with Crippen LogP contribution in [-0.4, -0.2) is 33.6 Å². The summed E-state index contributed by atoms with van der Waals surface area (Å²) in [6, 6.07) is 29.2. The Hall–Kier alpha value is -3.90. The molecule has 2 heterocycles. The molecule has 0 amide bonds. The van der Waals surface area contributed by atoms with E-state index in [1.807, 2.05) is 54.3 Å². The van der Waals surface area contributed by atoms with Gasteiger partial charge in [-0.2, -0.15) is 0 Å². The molecule has 5 aromatic rings. The van der Waals surface area contributed by atoms with E-state index in [1.165, 1.54) is 10.5 Å². The molecule has 0 aliphatic heterocycles. The maximum atomic E-state index is 5.15. The number of nitrogens with zero attached hydrogens (tertiary/aromatic N) is 5. The molecule has 0 saturated heterocycles. The maximum Gasteiger partial charge on any atom is 0.183 e. The Labute approximate surface area is 216 Å². The van der Waals surface area contributed by atoms with E-state index in [4.69, 9.17) is 9.98 Å². The first-order valence-electron chi connectivity index (χ1n) is 12.0. The van der Waals surface area contributed by atoms with Crippen molar-refractivity contribution in [2.45, 2.75) is 18.2 Å². The quantitative estimate of drug-likeness (QED) is 0.179. The molecular formula is C30H29N5S. The zero-order valence-electron chi connectivity index (χ0n) is 21.0. The number of rotatable bonds is 7. The number of hydrogen-bond donors (Lipinski definition) is 0. The molecule has 0 atom stereocenters. The average Bonchev–Trinajstić information content (AvgIpc) is 3.32. The molecule has 5 nitrogen and oxygen atoms in total. The Kier molecular flexibility index (Phi) is 6.87. The summed E-state index contributed by atoms with van der Waals surface area (Å²) in [6.07, 6.45) is 4.88. The van der Waals surface area contributed by atoms with Gasteiger partial charge >= 0.3 is 0 Å². The predicted molar refractivity (Wildman–Crippen MR) is 152 cm³/mol. The van der Waals surface area contributed by atoms with E-state index in [1.54, 1.807) is 11.8 Å². The minimum absolute atomic E-state index is 0.608. The zero-order chi connectivity index (χ0) is 25.1. The number of aryl methyl sites for hydroxylation is 2. The fourth-order valence-corrected chi connectivity index (χ4v) is 4.83. The predicted octanol–water partition coefficient (Wildman–Crippen LogP) is 7.19. The Morgan fingerprint density at radius 3 is 2.22 bits per heavy atom. The fraction of sp³-hybridized carbons (Fsp3) is 0.167. The zero-order valence-corrected chi connectivity index (χ0v) is 21.8. The van der Waals surface area contributed by atoms with Crippen LogP contribution in [0.4, 0.5) is 17.3 Å². The van der Waals surface area contributed by atoms with Crippen LogP contribution in [0.15, 0.2) is 101 Å². The first-order chi connectivity index (χ1) is 17.6. The second-order valence-electron chi connectivity index (χ2n) is 8.63. The van der Waals surface area contributed by atoms with Crippen molar-refractivity contribution in [3.05, 3.63) is 108 Å². The summed E-state index contributed by atoms with van der Waals surface area (Å²) in [7, 11) is 4.08. The third-order valence-electron chi connectivity index (χ3n) is 6.37. The van der Waals surface area contributed by atoms with Gasteiger partial charge in [0.2, 0.25) is 0 Å². The second-order valence-corrected chi connectivity index (χ2v) is 9.51. The van der Waals surface area contributed by atoms with Crippen molar-refractivity contribution in [1.82, 2.24) is 14.5 Å². The lowest BCUT2D eigenvalue weighted by Gasteiger charge is -2.22. The summed E-state index contributed by atoms with van der Waals surface area (Å²) in [5.41, 5.74) is 7.15. The van der Waals surface area contributed by atoms with Crippen molar-refractivity contribution >= 4 is 45.8 Å². The van der Waals surface area contributed by atoms with E-state index in [0.717, 1.165) is 45.8 Å². The molecule has 0 saturated carbocycles. The minimum Gasteiger partial charge on any atom is -0.334 e. The van der Waals surface area contributed by atoms with Gasteiger partial charge < -0.3 is 9.47 Å². The Morgan fingerprint density at radius 1 is 0.944 bits per heavy atom. The molecule has 5 rings (SSSR count). The van der Waals surface area contributed by atoms with Gasteiger partial charge in [-0.1, -0.05) is 67.6 Å². The number of imidazole rings is 1. The molecule has 180 valence electrons. The normalized spacial score (nSPS) is 11.0. The van der Waals surface area contributed by atoms with E-state index in [9.17, 15) is 0 Å². The number of pyridine rings is 1. The summed E-state index contributed by atoms with van der Waals surface area (Å²) in [4.78, 5) is 18.3. The number of benzene rings is 3. The van der Waals surface area contributed by atoms with E-state index in [2.05, 4.69) is 78.6 Å². The van der Waals surface area contributed by atoms with Crippen LogP contribution >= 0.6 is 11.8 Å². The lowest BCUT2D eigenvalue weighted by Crippen LogP contribution is -2.13. The molecular weight excluding hydrogens is 462 g/mol. The SMILES string of the molecule is CCc1cc(SC)ccc1N(C)c1cc2c(ncn2C)c(N=C(c2ccccc2)c2ccccc2)n1. The van der Waals surface area contributed by atoms with E-state index in [-0.39, 0.29) is 0 Å². The van der Waals surface area contributed by atoms with Gasteiger partial charge in [-0.3, -0.25) is 0 Å². The van der Waals surface area contributed by atoms with Crippen molar-refractivity contribution < 1.29 is 0 Å². The minimum atomic E-state index is 0.608. The van der Waals surface area contributed by atoms with Crippen molar-refractivity contribution in [2.75, 3.05) is 18.2 Å². The molecule has 0 unspecified atom stereocenters. The van der Waals surface area contributed by atoms with Crippen LogP contribution in [-0.2, 0) is 13.5 Å². The average molecular weight is 492 g/mol. The van der Waals surface area contributed by atoms with Crippen LogP contribution in [0.3, 0.4) is 0 Å². The van der Waals surface area contributed by atoms with E-state index < -0.39 is 0 Å². The van der Waals surface area contributed by atoms with E-state index >= 15 is 0 Å². The number of aliphatic imine (C=N–C) groups is 1. The number of thioether (sulfide) groups is 1. The van der Waals surface area contributed by atoms with Crippen LogP contribution < -0.4 is 4.90 Å². The second kappa shape index (κ2) is 10.4. The standard InChI is InChI=1S/C30H29N5S/c1-5-21-18-24(36-4)16-17-25(21)35(3)27-19-26-29(31-20-34(26)2)30(32-27)33-28(22-12-8-6-9-13-22)23-14-10-7-11-15-23/h6-20H,5H2,1-4H3. The van der Waals surface area contributed by atoms with Crippen LogP contribution in [0.5, 0.6) is 0 Å². The monoisotopic (exact) mass is 491 g/mol. The Bertz CT molecular complexity index is 1480. The molecule has 36 heavy (non-hydrogen) atoms. The number of anilines is 2. The Morgan fingerprint density at radius 2 is 1.61 bits per heavy atom. The third-order valence-corrected chi connectivity index (χ3v) is 7.09. The molecule has 0 aliphatic carbocycles. The van der Waals surface area contributed by atoms with Gasteiger partial charge in [-0.25, -0.2) is 15.0 Å². The highest BCUT2D eigenvalue weighted by atomic mass is 32.2. The van der Waals surface area contributed by atoms with Crippen molar-refractivity contribution in [3.63, 3.8) is 0 Å². The molecule has 2 aromatic heterocycles.